The zero-order chi connectivity index (χ0) is 17.2. The first-order valence-corrected chi connectivity index (χ1v) is 8.05. The topological polar surface area (TPSA) is 77.7 Å². The molecule has 128 valence electrons. The number of aromatic nitrogens is 2. The molecular formula is C18H17N3O4. The molecule has 7 heteroatoms. The molecule has 3 aromatic rings. The molecule has 1 amide bonds. The summed E-state index contributed by atoms with van der Waals surface area (Å²) in [7, 11) is 1.58. The van der Waals surface area contributed by atoms with Crippen LogP contribution in [0.15, 0.2) is 47.0 Å². The van der Waals surface area contributed by atoms with E-state index >= 15 is 0 Å². The molecule has 7 nitrogen and oxygen atoms in total. The Labute approximate surface area is 144 Å². The third-order valence-corrected chi connectivity index (χ3v) is 4.21. The molecule has 0 spiro atoms. The fourth-order valence-electron chi connectivity index (χ4n) is 2.99. The van der Waals surface area contributed by atoms with Crippen LogP contribution >= 0.6 is 0 Å². The fourth-order valence-corrected chi connectivity index (χ4v) is 2.99. The Balaban J connectivity index is 1.48. The molecule has 1 aliphatic heterocycles. The van der Waals surface area contributed by atoms with E-state index in [0.29, 0.717) is 36.1 Å². The number of ether oxygens (including phenoxy) is 2. The first kappa shape index (κ1) is 15.4. The molecule has 1 atom stereocenters. The summed E-state index contributed by atoms with van der Waals surface area (Å²) in [5.74, 6) is 1.24. The lowest BCUT2D eigenvalue weighted by atomic mass is 10.2. The van der Waals surface area contributed by atoms with E-state index in [1.165, 1.54) is 0 Å². The van der Waals surface area contributed by atoms with Crippen molar-refractivity contribution in [1.29, 1.82) is 0 Å². The van der Waals surface area contributed by atoms with Gasteiger partial charge in [-0.25, -0.2) is 0 Å². The second-order valence-corrected chi connectivity index (χ2v) is 5.83. The Hall–Kier alpha value is -3.09. The van der Waals surface area contributed by atoms with Gasteiger partial charge in [-0.2, -0.15) is 5.10 Å². The second kappa shape index (κ2) is 6.43. The number of methoxy groups -OCH3 is 1. The third kappa shape index (κ3) is 3.00. The van der Waals surface area contributed by atoms with Crippen LogP contribution in [0, 0.1) is 0 Å². The predicted molar refractivity (Wildman–Crippen MR) is 89.7 cm³/mol. The van der Waals surface area contributed by atoms with Gasteiger partial charge in [-0.1, -0.05) is 12.1 Å². The zero-order valence-corrected chi connectivity index (χ0v) is 13.7. The molecule has 1 aliphatic rings. The van der Waals surface area contributed by atoms with Crippen molar-refractivity contribution in [3.05, 3.63) is 48.4 Å². The lowest BCUT2D eigenvalue weighted by Gasteiger charge is -2.15. The molecule has 0 aliphatic carbocycles. The summed E-state index contributed by atoms with van der Waals surface area (Å²) >= 11 is 0. The van der Waals surface area contributed by atoms with Gasteiger partial charge in [0.2, 0.25) is 5.88 Å². The monoisotopic (exact) mass is 339 g/mol. The number of likely N-dealkylation sites (tertiary alicyclic amines) is 1. The van der Waals surface area contributed by atoms with Crippen molar-refractivity contribution in [2.24, 2.45) is 0 Å². The highest BCUT2D eigenvalue weighted by Crippen LogP contribution is 2.29. The highest BCUT2D eigenvalue weighted by Gasteiger charge is 2.30. The molecule has 25 heavy (non-hydrogen) atoms. The van der Waals surface area contributed by atoms with Crippen molar-refractivity contribution in [3.8, 4) is 11.6 Å². The zero-order valence-electron chi connectivity index (χ0n) is 13.7. The van der Waals surface area contributed by atoms with Gasteiger partial charge in [-0.05, 0) is 18.2 Å². The number of fused-ring (bicyclic) bond motifs is 1. The number of amides is 1. The second-order valence-electron chi connectivity index (χ2n) is 5.83. The largest absolute Gasteiger partial charge is 0.493 e. The predicted octanol–water partition coefficient (Wildman–Crippen LogP) is 2.52. The SMILES string of the molecule is COc1cccc2cc(C(=O)N3CC[C@H](Oc4cccnn4)C3)oc12. The van der Waals surface area contributed by atoms with Crippen LogP contribution in [0.1, 0.15) is 17.0 Å². The first-order valence-electron chi connectivity index (χ1n) is 8.05. The summed E-state index contributed by atoms with van der Waals surface area (Å²) in [5, 5.41) is 8.54. The van der Waals surface area contributed by atoms with Crippen LogP contribution in [0.5, 0.6) is 11.6 Å². The maximum absolute atomic E-state index is 12.7. The normalized spacial score (nSPS) is 17.0. The smallest absolute Gasteiger partial charge is 0.289 e. The number of para-hydroxylation sites is 1. The Morgan fingerprint density at radius 3 is 3.04 bits per heavy atom. The molecule has 0 N–H and O–H groups in total. The molecule has 0 unspecified atom stereocenters. The minimum Gasteiger partial charge on any atom is -0.493 e. The van der Waals surface area contributed by atoms with E-state index in [2.05, 4.69) is 10.2 Å². The van der Waals surface area contributed by atoms with E-state index in [1.54, 1.807) is 42.5 Å². The van der Waals surface area contributed by atoms with E-state index in [1.807, 2.05) is 12.1 Å². The first-order chi connectivity index (χ1) is 12.2. The van der Waals surface area contributed by atoms with E-state index in [9.17, 15) is 4.79 Å². The third-order valence-electron chi connectivity index (χ3n) is 4.21. The van der Waals surface area contributed by atoms with Gasteiger partial charge >= 0.3 is 0 Å². The van der Waals surface area contributed by atoms with E-state index in [-0.39, 0.29) is 12.0 Å². The van der Waals surface area contributed by atoms with Crippen LogP contribution < -0.4 is 9.47 Å². The Kier molecular flexibility index (Phi) is 3.97. The average Bonchev–Trinajstić information content (AvgIpc) is 3.28. The number of benzene rings is 1. The molecule has 0 saturated carbocycles. The van der Waals surface area contributed by atoms with Crippen molar-refractivity contribution in [2.45, 2.75) is 12.5 Å². The minimum atomic E-state index is -0.150. The molecule has 0 bridgehead atoms. The lowest BCUT2D eigenvalue weighted by molar-refractivity contribution is 0.0742. The van der Waals surface area contributed by atoms with Crippen LogP contribution in [0.2, 0.25) is 0 Å². The van der Waals surface area contributed by atoms with E-state index in [0.717, 1.165) is 11.8 Å². The molecule has 1 fully saturated rings. The molecule has 0 radical (unpaired) electrons. The lowest BCUT2D eigenvalue weighted by Crippen LogP contribution is -2.30. The number of carbonyl (C=O) groups excluding carboxylic acids is 1. The number of rotatable bonds is 4. The van der Waals surface area contributed by atoms with Gasteiger partial charge in [0.15, 0.2) is 17.1 Å². The Morgan fingerprint density at radius 1 is 1.32 bits per heavy atom. The number of hydrogen-bond acceptors (Lipinski definition) is 6. The fraction of sp³-hybridized carbons (Fsp3) is 0.278. The summed E-state index contributed by atoms with van der Waals surface area (Å²) in [4.78, 5) is 14.4. The van der Waals surface area contributed by atoms with Gasteiger partial charge in [0.1, 0.15) is 6.10 Å². The van der Waals surface area contributed by atoms with Crippen molar-refractivity contribution in [2.75, 3.05) is 20.2 Å². The van der Waals surface area contributed by atoms with Crippen molar-refractivity contribution in [3.63, 3.8) is 0 Å². The van der Waals surface area contributed by atoms with Gasteiger partial charge in [-0.3, -0.25) is 4.79 Å². The van der Waals surface area contributed by atoms with Crippen LogP contribution in [0.3, 0.4) is 0 Å². The van der Waals surface area contributed by atoms with Crippen molar-refractivity contribution >= 4 is 16.9 Å². The number of nitrogens with zero attached hydrogens (tertiary/aromatic N) is 3. The molecule has 2 aromatic heterocycles. The maximum Gasteiger partial charge on any atom is 0.289 e. The van der Waals surface area contributed by atoms with Crippen molar-refractivity contribution in [1.82, 2.24) is 15.1 Å². The van der Waals surface area contributed by atoms with Crippen LogP contribution in [0.25, 0.3) is 11.0 Å². The summed E-state index contributed by atoms with van der Waals surface area (Å²) in [6.07, 6.45) is 2.23. The highest BCUT2D eigenvalue weighted by molar-refractivity contribution is 5.97. The maximum atomic E-state index is 12.7. The minimum absolute atomic E-state index is 0.0976. The molecule has 3 heterocycles. The van der Waals surface area contributed by atoms with Crippen LogP contribution in [-0.4, -0.2) is 47.3 Å². The van der Waals surface area contributed by atoms with Gasteiger partial charge in [0.05, 0.1) is 13.7 Å². The number of furan rings is 1. The van der Waals surface area contributed by atoms with E-state index < -0.39 is 0 Å². The summed E-state index contributed by atoms with van der Waals surface area (Å²) < 4.78 is 16.8. The Bertz CT molecular complexity index is 894. The average molecular weight is 339 g/mol. The van der Waals surface area contributed by atoms with E-state index in [4.69, 9.17) is 13.9 Å². The summed E-state index contributed by atoms with van der Waals surface area (Å²) in [5.41, 5.74) is 0.583. The number of hydrogen-bond donors (Lipinski definition) is 0. The summed E-state index contributed by atoms with van der Waals surface area (Å²) in [6.45, 7) is 1.10. The quantitative estimate of drug-likeness (QED) is 0.727. The highest BCUT2D eigenvalue weighted by atomic mass is 16.5. The standard InChI is InChI=1S/C18H17N3O4/c1-23-14-5-2-4-12-10-15(25-17(12)14)18(22)21-9-7-13(11-21)24-16-6-3-8-19-20-16/h2-6,8,10,13H,7,9,11H2,1H3/t13-/m0/s1. The van der Waals surface area contributed by atoms with Crippen LogP contribution in [0.4, 0.5) is 0 Å². The van der Waals surface area contributed by atoms with Gasteiger partial charge < -0.3 is 18.8 Å². The Morgan fingerprint density at radius 2 is 2.24 bits per heavy atom. The molecule has 1 aromatic carbocycles. The number of carbonyl (C=O) groups is 1. The van der Waals surface area contributed by atoms with Gasteiger partial charge in [0, 0.05) is 30.6 Å². The molecule has 4 rings (SSSR count). The molecular weight excluding hydrogens is 322 g/mol. The van der Waals surface area contributed by atoms with Crippen molar-refractivity contribution < 1.29 is 18.7 Å². The van der Waals surface area contributed by atoms with Gasteiger partial charge in [0.25, 0.3) is 5.91 Å². The van der Waals surface area contributed by atoms with Crippen LogP contribution in [-0.2, 0) is 0 Å². The molecule has 1 saturated heterocycles. The summed E-state index contributed by atoms with van der Waals surface area (Å²) in [6, 6.07) is 10.8. The van der Waals surface area contributed by atoms with Gasteiger partial charge in [-0.15, -0.1) is 5.10 Å².